The molecule has 2 nitrogen and oxygen atoms in total. The minimum Gasteiger partial charge on any atom is -0.371 e. The monoisotopic (exact) mass is 141 g/mol. The summed E-state index contributed by atoms with van der Waals surface area (Å²) in [6.45, 7) is 0.0631. The Morgan fingerprint density at radius 3 is 3.43 bits per heavy atom. The Balaban J connectivity index is 2.53. The Kier molecular flexibility index (Phi) is 5.44. The van der Waals surface area contributed by atoms with Gasteiger partial charge in [-0.1, -0.05) is 21.6 Å². The van der Waals surface area contributed by atoms with Crippen molar-refractivity contribution in [3.05, 3.63) is 0 Å². The number of aliphatic hydroxyl groups is 1. The number of ether oxygens (including phenoxy) is 1. The van der Waals surface area contributed by atoms with E-state index in [4.69, 9.17) is 6.17 Å². The second kappa shape index (κ2) is 6.62. The summed E-state index contributed by atoms with van der Waals surface area (Å²) in [5.74, 6) is 0.583. The summed E-state index contributed by atoms with van der Waals surface area (Å²) < 4.78 is 11.0. The predicted octanol–water partition coefficient (Wildman–Crippen LogP) is 0.921. The molecule has 0 fully saturated rings. The molecule has 0 heterocycles. The van der Waals surface area contributed by atoms with Crippen molar-refractivity contribution in [2.75, 3.05) is 19.0 Å². The van der Waals surface area contributed by atoms with Crippen LogP contribution in [0.4, 0.5) is 0 Å². The first-order chi connectivity index (χ1) is 3.91. The fraction of sp³-hybridized carbons (Fsp3) is 1.00. The van der Waals surface area contributed by atoms with Crippen LogP contribution in [0, 0.1) is 0 Å². The molecule has 0 aliphatic carbocycles. The second-order valence-corrected chi connectivity index (χ2v) is 3.24. The van der Waals surface area contributed by atoms with Crippen LogP contribution in [0.3, 0.4) is 0 Å². The van der Waals surface area contributed by atoms with E-state index in [1.807, 2.05) is 6.26 Å². The molecule has 0 saturated carbocycles. The van der Waals surface area contributed by atoms with Gasteiger partial charge in [0.2, 0.25) is 1.43 Å². The maximum Gasteiger partial charge on any atom is 0.213 e. The fourth-order valence-electron chi connectivity index (χ4n) is 0.116. The van der Waals surface area contributed by atoms with Crippen LogP contribution >= 0.6 is 21.6 Å². The zero-order valence-corrected chi connectivity index (χ0v) is 5.68. The van der Waals surface area contributed by atoms with Gasteiger partial charge in [0.25, 0.3) is 0 Å². The summed E-state index contributed by atoms with van der Waals surface area (Å²) in [4.78, 5) is 0. The van der Waals surface area contributed by atoms with Gasteiger partial charge >= 0.3 is 0 Å². The van der Waals surface area contributed by atoms with Gasteiger partial charge in [-0.3, -0.25) is 0 Å². The van der Waals surface area contributed by atoms with Crippen molar-refractivity contribution in [2.45, 2.75) is 0 Å². The summed E-state index contributed by atoms with van der Waals surface area (Å²) in [7, 11) is 3.21. The molecular weight excluding hydrogens is 132 g/mol. The van der Waals surface area contributed by atoms with Crippen molar-refractivity contribution in [1.82, 2.24) is 0 Å². The molecule has 0 aromatic rings. The van der Waals surface area contributed by atoms with Crippen LogP contribution in [0.25, 0.3) is 0 Å². The molecule has 0 unspecified atom stereocenters. The average Bonchev–Trinajstić information content (AvgIpc) is 1.81. The van der Waals surface area contributed by atoms with E-state index in [0.717, 1.165) is 0 Å². The van der Waals surface area contributed by atoms with E-state index >= 15 is 0 Å². The quantitative estimate of drug-likeness (QED) is 0.350. The van der Waals surface area contributed by atoms with E-state index in [9.17, 15) is 0 Å². The molecule has 0 aliphatic rings. The average molecular weight is 141 g/mol. The van der Waals surface area contributed by atoms with Gasteiger partial charge in [-0.15, -0.1) is 0 Å². The zero-order chi connectivity index (χ0) is 6.24. The van der Waals surface area contributed by atoms with Crippen LogP contribution < -0.4 is 0 Å². The Morgan fingerprint density at radius 2 is 2.86 bits per heavy atom. The first kappa shape index (κ1) is 5.75. The highest BCUT2D eigenvalue weighted by molar-refractivity contribution is 8.76. The van der Waals surface area contributed by atoms with Crippen LogP contribution in [0.1, 0.15) is 0 Å². The lowest BCUT2D eigenvalue weighted by molar-refractivity contribution is 0.0244. The van der Waals surface area contributed by atoms with Gasteiger partial charge in [0.05, 0.1) is 0 Å². The van der Waals surface area contributed by atoms with Crippen molar-refractivity contribution in [3.8, 4) is 0 Å². The van der Waals surface area contributed by atoms with Gasteiger partial charge in [0.15, 0.2) is 0 Å². The maximum absolute atomic E-state index is 6.20. The highest BCUT2D eigenvalue weighted by Crippen LogP contribution is 2.15. The number of aliphatic hydroxyl groups excluding tert-OH is 1. The molecule has 0 aliphatic heterocycles. The van der Waals surface area contributed by atoms with Crippen molar-refractivity contribution in [3.63, 3.8) is 0 Å². The lowest BCUT2D eigenvalue weighted by atomic mass is 11.4. The van der Waals surface area contributed by atoms with Gasteiger partial charge in [0.1, 0.15) is 12.7 Å². The molecular formula is C3H8O2S2. The van der Waals surface area contributed by atoms with Crippen LogP contribution in [0.15, 0.2) is 0 Å². The third-order valence-electron chi connectivity index (χ3n) is 0.333. The minimum atomic E-state index is 0.0631. The predicted molar refractivity (Wildman–Crippen MR) is 34.1 cm³/mol. The smallest absolute Gasteiger partial charge is 0.213 e. The molecule has 0 radical (unpaired) electrons. The van der Waals surface area contributed by atoms with Crippen molar-refractivity contribution < 1.29 is 9.85 Å². The van der Waals surface area contributed by atoms with Crippen LogP contribution in [0.2, 0.25) is 0 Å². The second-order valence-electron chi connectivity index (χ2n) is 0.724. The fourth-order valence-corrected chi connectivity index (χ4v) is 0.841. The molecule has 0 spiro atoms. The topological polar surface area (TPSA) is 29.5 Å². The Bertz CT molecular complexity index is 40.3. The van der Waals surface area contributed by atoms with E-state index in [2.05, 4.69) is 5.11 Å². The van der Waals surface area contributed by atoms with Crippen LogP contribution in [0.5, 0.6) is 0 Å². The normalized spacial score (nSPS) is 11.3. The van der Waals surface area contributed by atoms with Crippen molar-refractivity contribution in [1.29, 1.82) is 1.43 Å². The third kappa shape index (κ3) is 6.62. The van der Waals surface area contributed by atoms with Gasteiger partial charge in [-0.25, -0.2) is 0 Å². The molecule has 0 amide bonds. The third-order valence-corrected chi connectivity index (χ3v) is 1.83. The van der Waals surface area contributed by atoms with Gasteiger partial charge in [-0.05, 0) is 6.26 Å². The van der Waals surface area contributed by atoms with E-state index in [-0.39, 0.29) is 6.79 Å². The molecule has 1 N–H and O–H groups in total. The largest absolute Gasteiger partial charge is 0.371 e. The first-order valence-corrected chi connectivity index (χ1v) is 4.46. The molecule has 7 heavy (non-hydrogen) atoms. The zero-order valence-electron chi connectivity index (χ0n) is 5.05. The summed E-state index contributed by atoms with van der Waals surface area (Å²) in [5, 5.41) is 3.89. The molecule has 0 aromatic heterocycles. The molecule has 0 atom stereocenters. The number of rotatable bonds is 5. The highest BCUT2D eigenvalue weighted by atomic mass is 33.1. The number of hydrogen-bond donors (Lipinski definition) is 1. The molecule has 0 bridgehead atoms. The SMILES string of the molecule is [2H]OCOCSSC. The first-order valence-electron chi connectivity index (χ1n) is 2.14. The Morgan fingerprint density at radius 1 is 2.00 bits per heavy atom. The van der Waals surface area contributed by atoms with E-state index in [1.54, 1.807) is 21.6 Å². The summed E-state index contributed by atoms with van der Waals surface area (Å²) >= 11 is 0. The van der Waals surface area contributed by atoms with Gasteiger partial charge in [-0.2, -0.15) is 0 Å². The standard InChI is InChI=1S/C3H8O2S2/c1-6-7-3-5-2-4/h4H,2-3H2,1H3/i4D. The Hall–Kier alpha value is 0.620. The highest BCUT2D eigenvalue weighted by Gasteiger charge is 1.79. The minimum absolute atomic E-state index is 0.0631. The molecule has 0 rings (SSSR count). The van der Waals surface area contributed by atoms with Crippen molar-refractivity contribution >= 4 is 21.6 Å². The van der Waals surface area contributed by atoms with E-state index in [1.165, 1.54) is 0 Å². The molecule has 0 saturated heterocycles. The van der Waals surface area contributed by atoms with Crippen molar-refractivity contribution in [2.24, 2.45) is 0 Å². The van der Waals surface area contributed by atoms with Crippen LogP contribution in [-0.4, -0.2) is 25.5 Å². The summed E-state index contributed by atoms with van der Waals surface area (Å²) in [6.07, 6.45) is 1.97. The maximum atomic E-state index is 6.20. The summed E-state index contributed by atoms with van der Waals surface area (Å²) in [6, 6.07) is 0. The lowest BCUT2D eigenvalue weighted by Gasteiger charge is -1.93. The number of hydrogen-bond acceptors (Lipinski definition) is 4. The molecule has 44 valence electrons. The van der Waals surface area contributed by atoms with Gasteiger partial charge < -0.3 is 9.85 Å². The van der Waals surface area contributed by atoms with Gasteiger partial charge in [0, 0.05) is 0 Å². The lowest BCUT2D eigenvalue weighted by Crippen LogP contribution is -1.88. The Labute approximate surface area is 52.5 Å². The van der Waals surface area contributed by atoms with E-state index in [0.29, 0.717) is 5.94 Å². The van der Waals surface area contributed by atoms with E-state index < -0.39 is 0 Å². The molecule has 0 aromatic carbocycles. The van der Waals surface area contributed by atoms with Crippen LogP contribution in [-0.2, 0) is 4.74 Å². The molecule has 4 heteroatoms. The summed E-state index contributed by atoms with van der Waals surface area (Å²) in [5.41, 5.74) is 0.